The molecule has 0 saturated carbocycles. The Bertz CT molecular complexity index is 1070. The molecule has 0 aliphatic rings. The highest BCUT2D eigenvalue weighted by Crippen LogP contribution is 2.31. The fourth-order valence-corrected chi connectivity index (χ4v) is 3.31. The number of hydrogen-bond donors (Lipinski definition) is 1. The van der Waals surface area contributed by atoms with E-state index >= 15 is 0 Å². The van der Waals surface area contributed by atoms with Crippen molar-refractivity contribution < 1.29 is 9.47 Å². The van der Waals surface area contributed by atoms with Gasteiger partial charge in [-0.2, -0.15) is 14.9 Å². The molecule has 0 atom stereocenters. The number of hydrogen-bond acceptors (Lipinski definition) is 5. The highest BCUT2D eigenvalue weighted by Gasteiger charge is 2.11. The van der Waals surface area contributed by atoms with Crippen LogP contribution < -0.4 is 9.47 Å². The molecule has 0 aliphatic carbocycles. The molecule has 0 amide bonds. The van der Waals surface area contributed by atoms with E-state index in [2.05, 4.69) is 15.3 Å². The summed E-state index contributed by atoms with van der Waals surface area (Å²) in [6.45, 7) is 4.28. The molecular weight excluding hydrogens is 431 g/mol. The smallest absolute Gasteiger partial charge is 0.216 e. The summed E-state index contributed by atoms with van der Waals surface area (Å²) < 4.78 is 13.4. The van der Waals surface area contributed by atoms with Crippen LogP contribution in [0.15, 0.2) is 41.5 Å². The Labute approximate surface area is 184 Å². The summed E-state index contributed by atoms with van der Waals surface area (Å²) in [5, 5.41) is 12.5. The molecule has 2 aromatic carbocycles. The summed E-state index contributed by atoms with van der Waals surface area (Å²) in [5.41, 5.74) is 1.54. The molecule has 3 aromatic rings. The first-order chi connectivity index (χ1) is 13.9. The average molecular weight is 451 g/mol. The fourth-order valence-electron chi connectivity index (χ4n) is 2.62. The third-order valence-corrected chi connectivity index (χ3v) is 5.11. The molecule has 1 heterocycles. The number of nitrogens with zero attached hydrogens (tertiary/aromatic N) is 3. The standard InChI is InChI=1S/C20H20Cl2N4O2S/c1-12(2)19-24-25-20(29)26(19)23-10-13-7-8-17(18(9-13)27-3)28-11-14-15(21)5-4-6-16(14)22/h4-10,12H,11H2,1-3H3,(H,25,29)/b23-10-. The lowest BCUT2D eigenvalue weighted by molar-refractivity contribution is 0.284. The lowest BCUT2D eigenvalue weighted by atomic mass is 10.2. The van der Waals surface area contributed by atoms with Gasteiger partial charge in [-0.25, -0.2) is 0 Å². The van der Waals surface area contributed by atoms with Crippen molar-refractivity contribution >= 4 is 41.6 Å². The molecule has 0 spiro atoms. The summed E-state index contributed by atoms with van der Waals surface area (Å²) in [6, 6.07) is 10.8. The second kappa shape index (κ2) is 9.43. The Balaban J connectivity index is 1.81. The van der Waals surface area contributed by atoms with Crippen molar-refractivity contribution in [2.45, 2.75) is 26.4 Å². The van der Waals surface area contributed by atoms with Crippen LogP contribution in [-0.2, 0) is 6.61 Å². The molecule has 1 aromatic heterocycles. The molecule has 9 heteroatoms. The van der Waals surface area contributed by atoms with Gasteiger partial charge in [0.1, 0.15) is 6.61 Å². The molecule has 0 aliphatic heterocycles. The normalized spacial score (nSPS) is 11.4. The predicted octanol–water partition coefficient (Wildman–Crippen LogP) is 5.84. The van der Waals surface area contributed by atoms with Crippen LogP contribution in [0.2, 0.25) is 10.0 Å². The first-order valence-corrected chi connectivity index (χ1v) is 10.0. The maximum absolute atomic E-state index is 6.20. The molecule has 29 heavy (non-hydrogen) atoms. The van der Waals surface area contributed by atoms with Crippen molar-refractivity contribution in [3.8, 4) is 11.5 Å². The van der Waals surface area contributed by atoms with E-state index in [-0.39, 0.29) is 12.5 Å². The van der Waals surface area contributed by atoms with E-state index in [1.165, 1.54) is 0 Å². The maximum Gasteiger partial charge on any atom is 0.216 e. The van der Waals surface area contributed by atoms with Crippen molar-refractivity contribution in [2.24, 2.45) is 5.10 Å². The monoisotopic (exact) mass is 450 g/mol. The number of benzene rings is 2. The number of rotatable bonds is 7. The van der Waals surface area contributed by atoms with Crippen molar-refractivity contribution in [1.29, 1.82) is 0 Å². The van der Waals surface area contributed by atoms with E-state index in [1.54, 1.807) is 36.2 Å². The van der Waals surface area contributed by atoms with Gasteiger partial charge in [0.2, 0.25) is 4.77 Å². The fraction of sp³-hybridized carbons (Fsp3) is 0.250. The van der Waals surface area contributed by atoms with Gasteiger partial charge >= 0.3 is 0 Å². The Morgan fingerprint density at radius 1 is 1.21 bits per heavy atom. The van der Waals surface area contributed by atoms with E-state index in [4.69, 9.17) is 44.9 Å². The van der Waals surface area contributed by atoms with E-state index in [9.17, 15) is 0 Å². The molecular formula is C20H20Cl2N4O2S. The van der Waals surface area contributed by atoms with Gasteiger partial charge in [-0.3, -0.25) is 5.10 Å². The molecule has 0 radical (unpaired) electrons. The molecule has 152 valence electrons. The van der Waals surface area contributed by atoms with Gasteiger partial charge in [-0.15, -0.1) is 0 Å². The molecule has 1 N–H and O–H groups in total. The first kappa shape index (κ1) is 21.4. The third-order valence-electron chi connectivity index (χ3n) is 4.14. The van der Waals surface area contributed by atoms with E-state index < -0.39 is 0 Å². The predicted molar refractivity (Wildman–Crippen MR) is 118 cm³/mol. The molecule has 6 nitrogen and oxygen atoms in total. The molecule has 0 unspecified atom stereocenters. The largest absolute Gasteiger partial charge is 0.493 e. The van der Waals surface area contributed by atoms with Crippen molar-refractivity contribution in [1.82, 2.24) is 14.9 Å². The second-order valence-corrected chi connectivity index (χ2v) is 7.70. The topological polar surface area (TPSA) is 64.4 Å². The van der Waals surface area contributed by atoms with E-state index in [0.717, 1.165) is 17.0 Å². The SMILES string of the molecule is COc1cc(/C=N\n2c(C(C)C)n[nH]c2=S)ccc1OCc1c(Cl)cccc1Cl. The molecule has 0 saturated heterocycles. The summed E-state index contributed by atoms with van der Waals surface area (Å²) in [6.07, 6.45) is 1.69. The van der Waals surface area contributed by atoms with Crippen LogP contribution in [0.4, 0.5) is 0 Å². The Hall–Kier alpha value is -2.35. The maximum atomic E-state index is 6.20. The zero-order chi connectivity index (χ0) is 21.0. The Kier molecular flexibility index (Phi) is 6.95. The minimum absolute atomic E-state index is 0.182. The van der Waals surface area contributed by atoms with Crippen LogP contribution in [0.1, 0.15) is 36.7 Å². The van der Waals surface area contributed by atoms with E-state index in [0.29, 0.717) is 26.3 Å². The van der Waals surface area contributed by atoms with Gasteiger partial charge in [0, 0.05) is 21.5 Å². The number of methoxy groups -OCH3 is 1. The molecule has 0 fully saturated rings. The van der Waals surface area contributed by atoms with Gasteiger partial charge in [-0.1, -0.05) is 43.1 Å². The first-order valence-electron chi connectivity index (χ1n) is 8.86. The van der Waals surface area contributed by atoms with Crippen LogP contribution in [0, 0.1) is 4.77 Å². The number of aromatic nitrogens is 3. The van der Waals surface area contributed by atoms with Crippen molar-refractivity contribution in [3.63, 3.8) is 0 Å². The van der Waals surface area contributed by atoms with Crippen LogP contribution in [0.3, 0.4) is 0 Å². The number of aromatic amines is 1. The molecule has 3 rings (SSSR count). The van der Waals surface area contributed by atoms with Gasteiger partial charge in [0.25, 0.3) is 0 Å². The minimum atomic E-state index is 0.182. The van der Waals surface area contributed by atoms with Crippen molar-refractivity contribution in [2.75, 3.05) is 7.11 Å². The highest BCUT2D eigenvalue weighted by atomic mass is 35.5. The summed E-state index contributed by atoms with van der Waals surface area (Å²) in [7, 11) is 1.58. The quantitative estimate of drug-likeness (QED) is 0.362. The third kappa shape index (κ3) is 4.98. The Morgan fingerprint density at radius 3 is 2.59 bits per heavy atom. The number of halogens is 2. The lowest BCUT2D eigenvalue weighted by Gasteiger charge is -2.13. The number of H-pyrrole nitrogens is 1. The van der Waals surface area contributed by atoms with Crippen LogP contribution in [-0.4, -0.2) is 28.2 Å². The minimum Gasteiger partial charge on any atom is -0.493 e. The van der Waals surface area contributed by atoms with Gasteiger partial charge < -0.3 is 9.47 Å². The van der Waals surface area contributed by atoms with Gasteiger partial charge in [0.15, 0.2) is 17.3 Å². The van der Waals surface area contributed by atoms with Gasteiger partial charge in [-0.05, 0) is 48.1 Å². The Morgan fingerprint density at radius 2 is 1.93 bits per heavy atom. The second-order valence-electron chi connectivity index (χ2n) is 6.50. The number of nitrogens with one attached hydrogen (secondary N) is 1. The zero-order valence-corrected chi connectivity index (χ0v) is 18.5. The van der Waals surface area contributed by atoms with Crippen molar-refractivity contribution in [3.05, 3.63) is 68.2 Å². The van der Waals surface area contributed by atoms with Crippen LogP contribution >= 0.6 is 35.4 Å². The van der Waals surface area contributed by atoms with Crippen LogP contribution in [0.25, 0.3) is 0 Å². The average Bonchev–Trinajstić information content (AvgIpc) is 3.07. The van der Waals surface area contributed by atoms with Gasteiger partial charge in [0.05, 0.1) is 13.3 Å². The number of ether oxygens (including phenoxy) is 2. The van der Waals surface area contributed by atoms with Crippen LogP contribution in [0.5, 0.6) is 11.5 Å². The summed E-state index contributed by atoms with van der Waals surface area (Å²) >= 11 is 17.6. The lowest BCUT2D eigenvalue weighted by Crippen LogP contribution is -2.02. The molecule has 0 bridgehead atoms. The summed E-state index contributed by atoms with van der Waals surface area (Å²) in [5.74, 6) is 2.08. The summed E-state index contributed by atoms with van der Waals surface area (Å²) in [4.78, 5) is 0. The highest BCUT2D eigenvalue weighted by molar-refractivity contribution is 7.71. The van der Waals surface area contributed by atoms with E-state index in [1.807, 2.05) is 32.0 Å². The zero-order valence-electron chi connectivity index (χ0n) is 16.1.